The zero-order valence-corrected chi connectivity index (χ0v) is 9.93. The van der Waals surface area contributed by atoms with Crippen molar-refractivity contribution in [3.63, 3.8) is 0 Å². The second-order valence-corrected chi connectivity index (χ2v) is 4.75. The molecule has 2 nitrogen and oxygen atoms in total. The first-order valence-electron chi connectivity index (χ1n) is 5.12. The summed E-state index contributed by atoms with van der Waals surface area (Å²) in [6, 6.07) is 5.31. The fourth-order valence-corrected chi connectivity index (χ4v) is 2.12. The summed E-state index contributed by atoms with van der Waals surface area (Å²) in [4.78, 5) is 0. The maximum atomic E-state index is 13.1. The van der Waals surface area contributed by atoms with Crippen molar-refractivity contribution in [3.8, 4) is 0 Å². The van der Waals surface area contributed by atoms with Gasteiger partial charge in [-0.15, -0.1) is 0 Å². The van der Waals surface area contributed by atoms with Gasteiger partial charge in [-0.1, -0.05) is 15.9 Å². The molecule has 0 radical (unpaired) electrons. The first-order chi connectivity index (χ1) is 7.20. The highest BCUT2D eigenvalue weighted by Gasteiger charge is 2.25. The molecule has 0 spiro atoms. The van der Waals surface area contributed by atoms with Crippen molar-refractivity contribution < 1.29 is 4.39 Å². The molecule has 1 atom stereocenters. The van der Waals surface area contributed by atoms with E-state index in [1.165, 1.54) is 25.0 Å². The summed E-state index contributed by atoms with van der Waals surface area (Å²) in [5.41, 5.74) is 6.60. The molecule has 0 aliphatic heterocycles. The molecular weight excluding hydrogens is 259 g/mol. The fourth-order valence-electron chi connectivity index (χ4n) is 1.60. The molecule has 0 aromatic heterocycles. The van der Waals surface area contributed by atoms with Gasteiger partial charge in [-0.25, -0.2) is 4.39 Å². The van der Waals surface area contributed by atoms with Gasteiger partial charge in [0, 0.05) is 23.1 Å². The quantitative estimate of drug-likeness (QED) is 0.883. The maximum absolute atomic E-state index is 13.1. The van der Waals surface area contributed by atoms with E-state index >= 15 is 0 Å². The van der Waals surface area contributed by atoms with Crippen molar-refractivity contribution in [2.75, 3.05) is 6.54 Å². The zero-order valence-electron chi connectivity index (χ0n) is 8.34. The third kappa shape index (κ3) is 2.77. The van der Waals surface area contributed by atoms with Crippen LogP contribution in [-0.2, 0) is 0 Å². The molecule has 15 heavy (non-hydrogen) atoms. The fraction of sp³-hybridized carbons (Fsp3) is 0.455. The van der Waals surface area contributed by atoms with Gasteiger partial charge < -0.3 is 11.1 Å². The van der Waals surface area contributed by atoms with Crippen LogP contribution in [0.4, 0.5) is 4.39 Å². The second-order valence-electron chi connectivity index (χ2n) is 3.90. The van der Waals surface area contributed by atoms with Crippen molar-refractivity contribution in [1.82, 2.24) is 5.32 Å². The summed E-state index contributed by atoms with van der Waals surface area (Å²) in [5, 5.41) is 3.40. The van der Waals surface area contributed by atoms with Crippen molar-refractivity contribution >= 4 is 15.9 Å². The molecule has 1 aromatic rings. The molecule has 0 bridgehead atoms. The predicted molar refractivity (Wildman–Crippen MR) is 62.1 cm³/mol. The van der Waals surface area contributed by atoms with Crippen LogP contribution in [0.3, 0.4) is 0 Å². The van der Waals surface area contributed by atoms with E-state index in [1.54, 1.807) is 6.07 Å². The third-order valence-electron chi connectivity index (χ3n) is 2.58. The first kappa shape index (κ1) is 11.0. The van der Waals surface area contributed by atoms with Crippen LogP contribution in [0.15, 0.2) is 22.7 Å². The summed E-state index contributed by atoms with van der Waals surface area (Å²) >= 11 is 3.42. The van der Waals surface area contributed by atoms with Crippen molar-refractivity contribution in [3.05, 3.63) is 34.1 Å². The van der Waals surface area contributed by atoms with Gasteiger partial charge >= 0.3 is 0 Å². The van der Waals surface area contributed by atoms with Crippen LogP contribution >= 0.6 is 15.9 Å². The van der Waals surface area contributed by atoms with Crippen molar-refractivity contribution in [2.24, 2.45) is 5.73 Å². The SMILES string of the molecule is NCC(NC1CC1)c1cc(F)ccc1Br. The zero-order chi connectivity index (χ0) is 10.8. The van der Waals surface area contributed by atoms with E-state index in [0.717, 1.165) is 10.0 Å². The van der Waals surface area contributed by atoms with Crippen LogP contribution < -0.4 is 11.1 Å². The van der Waals surface area contributed by atoms with E-state index in [1.807, 2.05) is 0 Å². The highest BCUT2D eigenvalue weighted by Crippen LogP contribution is 2.28. The Hall–Kier alpha value is -0.450. The minimum Gasteiger partial charge on any atom is -0.329 e. The van der Waals surface area contributed by atoms with E-state index in [-0.39, 0.29) is 11.9 Å². The van der Waals surface area contributed by atoms with E-state index in [2.05, 4.69) is 21.2 Å². The minimum atomic E-state index is -0.218. The number of rotatable bonds is 4. The average molecular weight is 273 g/mol. The van der Waals surface area contributed by atoms with Crippen LogP contribution in [-0.4, -0.2) is 12.6 Å². The second kappa shape index (κ2) is 4.60. The lowest BCUT2D eigenvalue weighted by atomic mass is 10.1. The van der Waals surface area contributed by atoms with Gasteiger partial charge in [0.1, 0.15) is 5.82 Å². The molecule has 1 aliphatic rings. The largest absolute Gasteiger partial charge is 0.329 e. The first-order valence-corrected chi connectivity index (χ1v) is 5.91. The highest BCUT2D eigenvalue weighted by molar-refractivity contribution is 9.10. The molecule has 1 unspecified atom stereocenters. The number of benzene rings is 1. The summed E-state index contributed by atoms with van der Waals surface area (Å²) in [5.74, 6) is -0.218. The van der Waals surface area contributed by atoms with Crippen LogP contribution in [0.1, 0.15) is 24.4 Å². The summed E-state index contributed by atoms with van der Waals surface area (Å²) < 4.78 is 14.0. The summed E-state index contributed by atoms with van der Waals surface area (Å²) in [6.07, 6.45) is 2.40. The van der Waals surface area contributed by atoms with Gasteiger partial charge in [-0.2, -0.15) is 0 Å². The van der Waals surface area contributed by atoms with Gasteiger partial charge in [0.2, 0.25) is 0 Å². The smallest absolute Gasteiger partial charge is 0.123 e. The molecular formula is C11H14BrFN2. The molecule has 1 saturated carbocycles. The van der Waals surface area contributed by atoms with Crippen LogP contribution in [0.25, 0.3) is 0 Å². The average Bonchev–Trinajstić information content (AvgIpc) is 3.02. The molecule has 2 rings (SSSR count). The lowest BCUT2D eigenvalue weighted by Crippen LogP contribution is -2.30. The van der Waals surface area contributed by atoms with Gasteiger partial charge in [0.15, 0.2) is 0 Å². The topological polar surface area (TPSA) is 38.0 Å². The maximum Gasteiger partial charge on any atom is 0.123 e. The van der Waals surface area contributed by atoms with E-state index in [9.17, 15) is 4.39 Å². The van der Waals surface area contributed by atoms with Gasteiger partial charge in [-0.05, 0) is 36.6 Å². The Bertz CT molecular complexity index is 352. The van der Waals surface area contributed by atoms with Crippen LogP contribution in [0.5, 0.6) is 0 Å². The monoisotopic (exact) mass is 272 g/mol. The normalized spacial score (nSPS) is 17.8. The Morgan fingerprint density at radius 2 is 2.27 bits per heavy atom. The number of hydrogen-bond donors (Lipinski definition) is 2. The predicted octanol–water partition coefficient (Wildman–Crippen LogP) is 2.34. The van der Waals surface area contributed by atoms with E-state index in [0.29, 0.717) is 12.6 Å². The van der Waals surface area contributed by atoms with Crippen LogP contribution in [0, 0.1) is 5.82 Å². The number of nitrogens with one attached hydrogen (secondary N) is 1. The molecule has 1 aliphatic carbocycles. The Kier molecular flexibility index (Phi) is 3.38. The van der Waals surface area contributed by atoms with Gasteiger partial charge in [0.05, 0.1) is 0 Å². The number of hydrogen-bond acceptors (Lipinski definition) is 2. The number of halogens is 2. The Balaban J connectivity index is 2.19. The summed E-state index contributed by atoms with van der Waals surface area (Å²) in [7, 11) is 0. The van der Waals surface area contributed by atoms with Crippen LogP contribution in [0.2, 0.25) is 0 Å². The molecule has 0 saturated heterocycles. The minimum absolute atomic E-state index is 0.0441. The lowest BCUT2D eigenvalue weighted by molar-refractivity contribution is 0.531. The molecule has 1 fully saturated rings. The van der Waals surface area contributed by atoms with E-state index < -0.39 is 0 Å². The molecule has 82 valence electrons. The van der Waals surface area contributed by atoms with Crippen molar-refractivity contribution in [1.29, 1.82) is 0 Å². The third-order valence-corrected chi connectivity index (χ3v) is 3.31. The Morgan fingerprint density at radius 1 is 1.53 bits per heavy atom. The van der Waals surface area contributed by atoms with Gasteiger partial charge in [0.25, 0.3) is 0 Å². The molecule has 0 amide bonds. The molecule has 4 heteroatoms. The Labute approximate surface area is 97.2 Å². The van der Waals surface area contributed by atoms with Gasteiger partial charge in [-0.3, -0.25) is 0 Å². The molecule has 3 N–H and O–H groups in total. The molecule has 1 aromatic carbocycles. The number of nitrogens with two attached hydrogens (primary N) is 1. The van der Waals surface area contributed by atoms with E-state index in [4.69, 9.17) is 5.73 Å². The molecule has 0 heterocycles. The van der Waals surface area contributed by atoms with Crippen molar-refractivity contribution in [2.45, 2.75) is 24.9 Å². The standard InChI is InChI=1S/C11H14BrFN2/c12-10-4-1-7(13)5-9(10)11(6-14)15-8-2-3-8/h1,4-5,8,11,15H,2-3,6,14H2. The highest BCUT2D eigenvalue weighted by atomic mass is 79.9. The summed E-state index contributed by atoms with van der Waals surface area (Å²) in [6.45, 7) is 0.485. The lowest BCUT2D eigenvalue weighted by Gasteiger charge is -2.18. The Morgan fingerprint density at radius 3 is 2.87 bits per heavy atom.